The Bertz CT molecular complexity index is 623. The van der Waals surface area contributed by atoms with Gasteiger partial charge in [0.15, 0.2) is 0 Å². The van der Waals surface area contributed by atoms with Gasteiger partial charge in [0.05, 0.1) is 0 Å². The Hall–Kier alpha value is -2.33. The van der Waals surface area contributed by atoms with Gasteiger partial charge in [-0.3, -0.25) is 4.79 Å². The van der Waals surface area contributed by atoms with Gasteiger partial charge in [-0.15, -0.1) is 0 Å². The van der Waals surface area contributed by atoms with Gasteiger partial charge in [-0.25, -0.2) is 0 Å². The molecular weight excluding hydrogens is 298 g/mol. The van der Waals surface area contributed by atoms with E-state index in [1.54, 1.807) is 0 Å². The van der Waals surface area contributed by atoms with E-state index in [9.17, 15) is 4.79 Å². The van der Waals surface area contributed by atoms with Gasteiger partial charge in [-0.05, 0) is 69.6 Å². The number of nitrogens with zero attached hydrogens (tertiary/aromatic N) is 1. The molecule has 0 bridgehead atoms. The summed E-state index contributed by atoms with van der Waals surface area (Å²) in [5.74, 6) is 0.0416. The smallest absolute Gasteiger partial charge is 0.224 e. The number of hydrogen-bond acceptors (Lipinski definition) is 3. The SMILES string of the molecule is CC(C)N(c1ccccc1)c1ccc(NC(=O)CCCCN)cc1. The number of amides is 1. The maximum Gasteiger partial charge on any atom is 0.224 e. The summed E-state index contributed by atoms with van der Waals surface area (Å²) >= 11 is 0. The number of carbonyl (C=O) groups is 1. The predicted octanol–water partition coefficient (Wildman–Crippen LogP) is 4.30. The molecule has 128 valence electrons. The lowest BCUT2D eigenvalue weighted by Crippen LogP contribution is -2.25. The Kier molecular flexibility index (Phi) is 6.82. The van der Waals surface area contributed by atoms with Gasteiger partial charge in [0.2, 0.25) is 5.91 Å². The molecule has 0 spiro atoms. The zero-order valence-corrected chi connectivity index (χ0v) is 14.5. The minimum atomic E-state index is 0.0416. The highest BCUT2D eigenvalue weighted by Crippen LogP contribution is 2.28. The Morgan fingerprint density at radius 3 is 2.21 bits per heavy atom. The van der Waals surface area contributed by atoms with Gasteiger partial charge in [0.25, 0.3) is 0 Å². The number of unbranched alkanes of at least 4 members (excludes halogenated alkanes) is 1. The maximum atomic E-state index is 11.9. The van der Waals surface area contributed by atoms with E-state index < -0.39 is 0 Å². The van der Waals surface area contributed by atoms with E-state index in [0.717, 1.165) is 29.9 Å². The van der Waals surface area contributed by atoms with Crippen molar-refractivity contribution in [1.29, 1.82) is 0 Å². The van der Waals surface area contributed by atoms with Crippen LogP contribution in [0.2, 0.25) is 0 Å². The number of anilines is 3. The first kappa shape index (κ1) is 18.0. The molecule has 0 radical (unpaired) electrons. The molecule has 0 heterocycles. The van der Waals surface area contributed by atoms with E-state index in [1.165, 1.54) is 0 Å². The number of carbonyl (C=O) groups excluding carboxylic acids is 1. The molecule has 24 heavy (non-hydrogen) atoms. The lowest BCUT2D eigenvalue weighted by molar-refractivity contribution is -0.116. The van der Waals surface area contributed by atoms with Gasteiger partial charge in [0, 0.05) is 29.5 Å². The van der Waals surface area contributed by atoms with Crippen LogP contribution in [0.1, 0.15) is 33.1 Å². The monoisotopic (exact) mass is 325 g/mol. The molecule has 1 amide bonds. The molecule has 0 aliphatic heterocycles. The van der Waals surface area contributed by atoms with Crippen molar-refractivity contribution in [1.82, 2.24) is 0 Å². The summed E-state index contributed by atoms with van der Waals surface area (Å²) in [5.41, 5.74) is 8.54. The Morgan fingerprint density at radius 2 is 1.62 bits per heavy atom. The Balaban J connectivity index is 2.06. The Morgan fingerprint density at radius 1 is 1.00 bits per heavy atom. The highest BCUT2D eigenvalue weighted by Gasteiger charge is 2.12. The van der Waals surface area contributed by atoms with Crippen LogP contribution in [-0.4, -0.2) is 18.5 Å². The van der Waals surface area contributed by atoms with E-state index >= 15 is 0 Å². The average Bonchev–Trinajstić information content (AvgIpc) is 2.57. The van der Waals surface area contributed by atoms with Crippen molar-refractivity contribution in [3.63, 3.8) is 0 Å². The summed E-state index contributed by atoms with van der Waals surface area (Å²) in [7, 11) is 0. The average molecular weight is 325 g/mol. The minimum Gasteiger partial charge on any atom is -0.339 e. The topological polar surface area (TPSA) is 58.4 Å². The number of para-hydroxylation sites is 1. The number of rotatable bonds is 8. The fourth-order valence-electron chi connectivity index (χ4n) is 2.69. The molecule has 0 saturated carbocycles. The fourth-order valence-corrected chi connectivity index (χ4v) is 2.69. The first-order chi connectivity index (χ1) is 11.6. The van der Waals surface area contributed by atoms with Crippen molar-refractivity contribution in [2.24, 2.45) is 5.73 Å². The van der Waals surface area contributed by atoms with Crippen LogP contribution in [0, 0.1) is 0 Å². The third-order valence-corrected chi connectivity index (χ3v) is 3.84. The zero-order valence-electron chi connectivity index (χ0n) is 14.5. The van der Waals surface area contributed by atoms with Crippen molar-refractivity contribution in [3.8, 4) is 0 Å². The summed E-state index contributed by atoms with van der Waals surface area (Å²) in [5, 5.41) is 2.94. The van der Waals surface area contributed by atoms with Crippen molar-refractivity contribution >= 4 is 23.0 Å². The van der Waals surface area contributed by atoms with Crippen molar-refractivity contribution < 1.29 is 4.79 Å². The van der Waals surface area contributed by atoms with E-state index in [0.29, 0.717) is 19.0 Å². The Labute approximate surface area is 144 Å². The summed E-state index contributed by atoms with van der Waals surface area (Å²) < 4.78 is 0. The van der Waals surface area contributed by atoms with Crippen LogP contribution in [-0.2, 0) is 4.79 Å². The maximum absolute atomic E-state index is 11.9. The second kappa shape index (κ2) is 9.08. The van der Waals surface area contributed by atoms with E-state index in [2.05, 4.69) is 36.2 Å². The molecule has 0 saturated heterocycles. The highest BCUT2D eigenvalue weighted by atomic mass is 16.1. The molecule has 3 N–H and O–H groups in total. The van der Waals surface area contributed by atoms with Crippen LogP contribution in [0.25, 0.3) is 0 Å². The molecular formula is C20H27N3O. The number of nitrogens with one attached hydrogen (secondary N) is 1. The summed E-state index contributed by atoms with van der Waals surface area (Å²) in [4.78, 5) is 14.1. The first-order valence-corrected chi connectivity index (χ1v) is 8.56. The van der Waals surface area contributed by atoms with Crippen LogP contribution in [0.3, 0.4) is 0 Å². The largest absolute Gasteiger partial charge is 0.339 e. The van der Waals surface area contributed by atoms with Gasteiger partial charge in [0.1, 0.15) is 0 Å². The van der Waals surface area contributed by atoms with E-state index in [1.807, 2.05) is 42.5 Å². The first-order valence-electron chi connectivity index (χ1n) is 8.56. The van der Waals surface area contributed by atoms with Crippen LogP contribution in [0.5, 0.6) is 0 Å². The van der Waals surface area contributed by atoms with Crippen molar-refractivity contribution in [2.45, 2.75) is 39.2 Å². The number of benzene rings is 2. The van der Waals surface area contributed by atoms with Gasteiger partial charge < -0.3 is 16.0 Å². The number of nitrogens with two attached hydrogens (primary N) is 1. The molecule has 0 fully saturated rings. The van der Waals surface area contributed by atoms with E-state index in [4.69, 9.17) is 5.73 Å². The third kappa shape index (κ3) is 5.10. The lowest BCUT2D eigenvalue weighted by atomic mass is 10.1. The zero-order chi connectivity index (χ0) is 17.4. The molecule has 4 heteroatoms. The summed E-state index contributed by atoms with van der Waals surface area (Å²) in [6.45, 7) is 4.97. The second-order valence-corrected chi connectivity index (χ2v) is 6.14. The fraction of sp³-hybridized carbons (Fsp3) is 0.350. The van der Waals surface area contributed by atoms with Gasteiger partial charge >= 0.3 is 0 Å². The summed E-state index contributed by atoms with van der Waals surface area (Å²) in [6, 6.07) is 18.6. The minimum absolute atomic E-state index is 0.0416. The second-order valence-electron chi connectivity index (χ2n) is 6.14. The van der Waals surface area contributed by atoms with Gasteiger partial charge in [-0.2, -0.15) is 0 Å². The molecule has 2 rings (SSSR count). The predicted molar refractivity (Wildman–Crippen MR) is 102 cm³/mol. The molecule has 4 nitrogen and oxygen atoms in total. The van der Waals surface area contributed by atoms with Crippen LogP contribution < -0.4 is 16.0 Å². The van der Waals surface area contributed by atoms with Gasteiger partial charge in [-0.1, -0.05) is 18.2 Å². The highest BCUT2D eigenvalue weighted by molar-refractivity contribution is 5.90. The molecule has 2 aromatic carbocycles. The van der Waals surface area contributed by atoms with Crippen LogP contribution in [0.4, 0.5) is 17.1 Å². The molecule has 0 aliphatic rings. The normalized spacial score (nSPS) is 10.7. The molecule has 0 unspecified atom stereocenters. The van der Waals surface area contributed by atoms with Crippen molar-refractivity contribution in [2.75, 3.05) is 16.8 Å². The van der Waals surface area contributed by atoms with Crippen LogP contribution >= 0.6 is 0 Å². The lowest BCUT2D eigenvalue weighted by Gasteiger charge is -2.29. The standard InChI is InChI=1S/C20H27N3O/c1-16(2)23(18-8-4-3-5-9-18)19-13-11-17(12-14-19)22-20(24)10-6-7-15-21/h3-5,8-9,11-14,16H,6-7,10,15,21H2,1-2H3,(H,22,24). The third-order valence-electron chi connectivity index (χ3n) is 3.84. The molecule has 0 atom stereocenters. The van der Waals surface area contributed by atoms with Crippen molar-refractivity contribution in [3.05, 3.63) is 54.6 Å². The molecule has 0 aromatic heterocycles. The van der Waals surface area contributed by atoms with Crippen LogP contribution in [0.15, 0.2) is 54.6 Å². The summed E-state index contributed by atoms with van der Waals surface area (Å²) in [6.07, 6.45) is 2.23. The number of hydrogen-bond donors (Lipinski definition) is 2. The molecule has 2 aromatic rings. The quantitative estimate of drug-likeness (QED) is 0.711. The van der Waals surface area contributed by atoms with E-state index in [-0.39, 0.29) is 5.91 Å². The molecule has 0 aliphatic carbocycles.